The Bertz CT molecular complexity index is 402. The lowest BCUT2D eigenvalue weighted by Crippen LogP contribution is -2.17. The highest BCUT2D eigenvalue weighted by molar-refractivity contribution is 5.53. The molecule has 4 heteroatoms. The molecule has 1 aliphatic carbocycles. The molecule has 1 aliphatic rings. The summed E-state index contributed by atoms with van der Waals surface area (Å²) in [5.41, 5.74) is 6.43. The number of pyridine rings is 1. The molecule has 1 atom stereocenters. The quantitative estimate of drug-likeness (QED) is 0.813. The molecule has 1 saturated carbocycles. The van der Waals surface area contributed by atoms with Crippen LogP contribution in [0.25, 0.3) is 0 Å². The van der Waals surface area contributed by atoms with Crippen molar-refractivity contribution < 1.29 is 4.74 Å². The van der Waals surface area contributed by atoms with Gasteiger partial charge in [-0.15, -0.1) is 0 Å². The van der Waals surface area contributed by atoms with Crippen molar-refractivity contribution >= 4 is 11.5 Å². The molecule has 1 unspecified atom stereocenters. The van der Waals surface area contributed by atoms with Crippen molar-refractivity contribution in [3.63, 3.8) is 0 Å². The van der Waals surface area contributed by atoms with Crippen LogP contribution in [0.2, 0.25) is 0 Å². The number of hydrogen-bond acceptors (Lipinski definition) is 4. The summed E-state index contributed by atoms with van der Waals surface area (Å²) in [6.07, 6.45) is 4.05. The summed E-state index contributed by atoms with van der Waals surface area (Å²) in [7, 11) is 0. The van der Waals surface area contributed by atoms with Gasteiger partial charge in [-0.25, -0.2) is 0 Å². The van der Waals surface area contributed by atoms with Crippen molar-refractivity contribution in [2.75, 3.05) is 11.1 Å². The van der Waals surface area contributed by atoms with Crippen LogP contribution in [0.5, 0.6) is 5.88 Å². The number of hydrogen-bond donors (Lipinski definition) is 2. The van der Waals surface area contributed by atoms with Gasteiger partial charge >= 0.3 is 0 Å². The van der Waals surface area contributed by atoms with Gasteiger partial charge in [0.1, 0.15) is 5.82 Å². The fourth-order valence-corrected chi connectivity index (χ4v) is 2.01. The second-order valence-corrected chi connectivity index (χ2v) is 5.48. The predicted octanol–water partition coefficient (Wildman–Crippen LogP) is 3.05. The van der Waals surface area contributed by atoms with Crippen molar-refractivity contribution in [3.05, 3.63) is 12.1 Å². The van der Waals surface area contributed by atoms with Crippen LogP contribution in [-0.2, 0) is 0 Å². The molecule has 0 amide bonds. The number of anilines is 2. The van der Waals surface area contributed by atoms with E-state index >= 15 is 0 Å². The molecule has 4 nitrogen and oxygen atoms in total. The molecule has 1 aromatic heterocycles. The van der Waals surface area contributed by atoms with E-state index in [4.69, 9.17) is 10.5 Å². The molecule has 0 aromatic carbocycles. The molecule has 18 heavy (non-hydrogen) atoms. The van der Waals surface area contributed by atoms with E-state index in [0.717, 1.165) is 11.7 Å². The average Bonchev–Trinajstić information content (AvgIpc) is 3.06. The van der Waals surface area contributed by atoms with E-state index in [1.807, 2.05) is 26.0 Å². The van der Waals surface area contributed by atoms with Gasteiger partial charge in [-0.2, -0.15) is 4.98 Å². The fraction of sp³-hybridized carbons (Fsp3) is 0.643. The van der Waals surface area contributed by atoms with Gasteiger partial charge in [0.25, 0.3) is 0 Å². The Hall–Kier alpha value is -1.45. The van der Waals surface area contributed by atoms with Crippen molar-refractivity contribution in [1.29, 1.82) is 0 Å². The standard InChI is InChI=1S/C14H23N3O/c1-9(2)18-14-12(15)6-7-13(17-14)16-10(3)8-11-4-5-11/h6-7,9-11H,4-5,8,15H2,1-3H3,(H,16,17). The van der Waals surface area contributed by atoms with E-state index in [9.17, 15) is 0 Å². The molecule has 1 heterocycles. The van der Waals surface area contributed by atoms with E-state index in [2.05, 4.69) is 17.2 Å². The van der Waals surface area contributed by atoms with Crippen molar-refractivity contribution in [1.82, 2.24) is 4.98 Å². The zero-order chi connectivity index (χ0) is 13.1. The summed E-state index contributed by atoms with van der Waals surface area (Å²) in [6.45, 7) is 6.13. The van der Waals surface area contributed by atoms with Gasteiger partial charge < -0.3 is 15.8 Å². The van der Waals surface area contributed by atoms with Gasteiger partial charge in [-0.1, -0.05) is 12.8 Å². The van der Waals surface area contributed by atoms with Crippen LogP contribution in [-0.4, -0.2) is 17.1 Å². The van der Waals surface area contributed by atoms with Gasteiger partial charge in [-0.05, 0) is 45.2 Å². The number of aromatic nitrogens is 1. The molecule has 0 spiro atoms. The first-order chi connectivity index (χ1) is 8.54. The molecule has 0 saturated heterocycles. The maximum Gasteiger partial charge on any atom is 0.239 e. The summed E-state index contributed by atoms with van der Waals surface area (Å²) in [5, 5.41) is 3.41. The van der Waals surface area contributed by atoms with Crippen LogP contribution in [0, 0.1) is 5.92 Å². The van der Waals surface area contributed by atoms with Crippen LogP contribution in [0.15, 0.2) is 12.1 Å². The van der Waals surface area contributed by atoms with Crippen LogP contribution >= 0.6 is 0 Å². The molecule has 0 radical (unpaired) electrons. The van der Waals surface area contributed by atoms with Crippen molar-refractivity contribution in [2.24, 2.45) is 5.92 Å². The van der Waals surface area contributed by atoms with E-state index in [1.165, 1.54) is 19.3 Å². The summed E-state index contributed by atoms with van der Waals surface area (Å²) in [4.78, 5) is 4.42. The maximum absolute atomic E-state index is 5.84. The molecule has 1 aromatic rings. The van der Waals surface area contributed by atoms with E-state index in [-0.39, 0.29) is 6.10 Å². The second kappa shape index (κ2) is 5.46. The van der Waals surface area contributed by atoms with Crippen LogP contribution < -0.4 is 15.8 Å². The van der Waals surface area contributed by atoms with Gasteiger partial charge in [-0.3, -0.25) is 0 Å². The summed E-state index contributed by atoms with van der Waals surface area (Å²) >= 11 is 0. The molecule has 100 valence electrons. The topological polar surface area (TPSA) is 60.2 Å². The fourth-order valence-electron chi connectivity index (χ4n) is 2.01. The summed E-state index contributed by atoms with van der Waals surface area (Å²) < 4.78 is 5.58. The second-order valence-electron chi connectivity index (χ2n) is 5.48. The van der Waals surface area contributed by atoms with E-state index < -0.39 is 0 Å². The predicted molar refractivity (Wildman–Crippen MR) is 74.8 cm³/mol. The molecule has 0 bridgehead atoms. The number of nitrogens with one attached hydrogen (secondary N) is 1. The lowest BCUT2D eigenvalue weighted by atomic mass is 10.1. The zero-order valence-electron chi connectivity index (χ0n) is 11.4. The van der Waals surface area contributed by atoms with Gasteiger partial charge in [0, 0.05) is 6.04 Å². The van der Waals surface area contributed by atoms with Crippen molar-refractivity contribution in [3.8, 4) is 5.88 Å². The first kappa shape index (κ1) is 13.0. The normalized spacial score (nSPS) is 16.7. The molecule has 2 rings (SSSR count). The minimum absolute atomic E-state index is 0.0823. The average molecular weight is 249 g/mol. The molecule has 1 fully saturated rings. The van der Waals surface area contributed by atoms with Crippen LogP contribution in [0.3, 0.4) is 0 Å². The Kier molecular flexibility index (Phi) is 3.94. The number of rotatable bonds is 6. The maximum atomic E-state index is 5.84. The smallest absolute Gasteiger partial charge is 0.239 e. The highest BCUT2D eigenvalue weighted by atomic mass is 16.5. The Balaban J connectivity index is 1.98. The molecular weight excluding hydrogens is 226 g/mol. The zero-order valence-corrected chi connectivity index (χ0v) is 11.4. The lowest BCUT2D eigenvalue weighted by molar-refractivity contribution is 0.234. The third kappa shape index (κ3) is 3.79. The Labute approximate surface area is 109 Å². The minimum atomic E-state index is 0.0823. The van der Waals surface area contributed by atoms with Crippen molar-refractivity contribution in [2.45, 2.75) is 52.2 Å². The number of nitrogen functional groups attached to an aromatic ring is 1. The van der Waals surface area contributed by atoms with Crippen LogP contribution in [0.1, 0.15) is 40.0 Å². The van der Waals surface area contributed by atoms with E-state index in [0.29, 0.717) is 17.6 Å². The largest absolute Gasteiger partial charge is 0.473 e. The van der Waals surface area contributed by atoms with Crippen LogP contribution in [0.4, 0.5) is 11.5 Å². The summed E-state index contributed by atoms with van der Waals surface area (Å²) in [6, 6.07) is 4.20. The highest BCUT2D eigenvalue weighted by Crippen LogP contribution is 2.34. The molecular formula is C14H23N3O. The van der Waals surface area contributed by atoms with Gasteiger partial charge in [0.15, 0.2) is 0 Å². The number of ether oxygens (including phenoxy) is 1. The highest BCUT2D eigenvalue weighted by Gasteiger charge is 2.23. The monoisotopic (exact) mass is 249 g/mol. The number of nitrogens with zero attached hydrogens (tertiary/aromatic N) is 1. The molecule has 3 N–H and O–H groups in total. The molecule has 0 aliphatic heterocycles. The van der Waals surface area contributed by atoms with Gasteiger partial charge in [0.05, 0.1) is 11.8 Å². The Morgan fingerprint density at radius 3 is 2.72 bits per heavy atom. The number of nitrogens with two attached hydrogens (primary N) is 1. The van der Waals surface area contributed by atoms with E-state index in [1.54, 1.807) is 0 Å². The minimum Gasteiger partial charge on any atom is -0.473 e. The SMILES string of the molecule is CC(CC1CC1)Nc1ccc(N)c(OC(C)C)n1. The first-order valence-corrected chi connectivity index (χ1v) is 6.74. The summed E-state index contributed by atoms with van der Waals surface area (Å²) in [5.74, 6) is 2.27. The third-order valence-electron chi connectivity index (χ3n) is 3.02. The Morgan fingerprint density at radius 2 is 2.11 bits per heavy atom. The lowest BCUT2D eigenvalue weighted by Gasteiger charge is -2.16. The Morgan fingerprint density at radius 1 is 1.39 bits per heavy atom. The third-order valence-corrected chi connectivity index (χ3v) is 3.02. The van der Waals surface area contributed by atoms with Gasteiger partial charge in [0.2, 0.25) is 5.88 Å². The first-order valence-electron chi connectivity index (χ1n) is 6.74.